The largest absolute Gasteiger partial charge is 0.366 e. The molecule has 2 bridgehead atoms. The van der Waals surface area contributed by atoms with Crippen molar-refractivity contribution >= 4 is 5.78 Å². The molecule has 3 rings (SSSR count). The topological polar surface area (TPSA) is 26.3 Å². The Morgan fingerprint density at radius 2 is 2.15 bits per heavy atom. The van der Waals surface area contributed by atoms with Crippen LogP contribution < -0.4 is 0 Å². The lowest BCUT2D eigenvalue weighted by atomic mass is 9.60. The van der Waals surface area contributed by atoms with Crippen molar-refractivity contribution in [2.45, 2.75) is 38.7 Å². The zero-order valence-electron chi connectivity index (χ0n) is 8.52. The Balaban J connectivity index is 2.49. The van der Waals surface area contributed by atoms with Crippen LogP contribution >= 0.6 is 0 Å². The second-order valence-electron chi connectivity index (χ2n) is 4.58. The molecule has 0 spiro atoms. The summed E-state index contributed by atoms with van der Waals surface area (Å²) in [6, 6.07) is 0. The number of ether oxygens (including phenoxy) is 1. The van der Waals surface area contributed by atoms with Gasteiger partial charge in [-0.1, -0.05) is 12.5 Å². The van der Waals surface area contributed by atoms with E-state index >= 15 is 0 Å². The number of carbonyl (C=O) groups excluding carboxylic acids is 1. The summed E-state index contributed by atoms with van der Waals surface area (Å²) in [5, 5.41) is 0. The SMILES string of the molecule is CO[C@@]12C=C(C)[C@@](C)(CC1)CC2=O. The smallest absolute Gasteiger partial charge is 0.169 e. The van der Waals surface area contributed by atoms with Gasteiger partial charge >= 0.3 is 0 Å². The van der Waals surface area contributed by atoms with E-state index in [0.717, 1.165) is 12.8 Å². The van der Waals surface area contributed by atoms with E-state index in [1.54, 1.807) is 7.11 Å². The van der Waals surface area contributed by atoms with E-state index < -0.39 is 5.60 Å². The van der Waals surface area contributed by atoms with Crippen LogP contribution in [0.3, 0.4) is 0 Å². The van der Waals surface area contributed by atoms with Crippen LogP contribution in [0.25, 0.3) is 0 Å². The van der Waals surface area contributed by atoms with E-state index in [4.69, 9.17) is 4.74 Å². The van der Waals surface area contributed by atoms with E-state index in [1.165, 1.54) is 5.57 Å². The average molecular weight is 180 g/mol. The van der Waals surface area contributed by atoms with Gasteiger partial charge in [-0.25, -0.2) is 0 Å². The van der Waals surface area contributed by atoms with Crippen molar-refractivity contribution in [1.29, 1.82) is 0 Å². The summed E-state index contributed by atoms with van der Waals surface area (Å²) in [4.78, 5) is 11.8. The first kappa shape index (κ1) is 8.95. The molecular weight excluding hydrogens is 164 g/mol. The van der Waals surface area contributed by atoms with Gasteiger partial charge in [0, 0.05) is 13.5 Å². The van der Waals surface area contributed by atoms with Crippen LogP contribution in [0.2, 0.25) is 0 Å². The van der Waals surface area contributed by atoms with Gasteiger partial charge < -0.3 is 4.74 Å². The fourth-order valence-electron chi connectivity index (χ4n) is 2.48. The zero-order chi connectivity index (χ0) is 9.69. The molecule has 13 heavy (non-hydrogen) atoms. The van der Waals surface area contributed by atoms with Crippen LogP contribution in [-0.4, -0.2) is 18.5 Å². The minimum absolute atomic E-state index is 0.122. The standard InChI is InChI=1S/C11H16O2/c1-8-6-11(13-3)5-4-10(8,2)7-9(11)12/h6H,4-5,7H2,1-3H3/t10-,11+/m0/s1. The molecule has 0 aromatic heterocycles. The van der Waals surface area contributed by atoms with Gasteiger partial charge in [-0.2, -0.15) is 0 Å². The summed E-state index contributed by atoms with van der Waals surface area (Å²) in [6.07, 6.45) is 4.62. The quantitative estimate of drug-likeness (QED) is 0.577. The second-order valence-corrected chi connectivity index (χ2v) is 4.58. The minimum atomic E-state index is -0.568. The summed E-state index contributed by atoms with van der Waals surface area (Å²) in [7, 11) is 1.63. The van der Waals surface area contributed by atoms with Gasteiger partial charge in [0.2, 0.25) is 0 Å². The van der Waals surface area contributed by atoms with Gasteiger partial charge in [0.15, 0.2) is 5.78 Å². The number of hydrogen-bond acceptors (Lipinski definition) is 2. The Labute approximate surface area is 79.0 Å². The summed E-state index contributed by atoms with van der Waals surface area (Å²) >= 11 is 0. The number of Topliss-reactive ketones (excluding diaryl/α,β-unsaturated/α-hetero) is 1. The Kier molecular flexibility index (Phi) is 1.68. The molecule has 1 saturated carbocycles. The lowest BCUT2D eigenvalue weighted by Gasteiger charge is -2.48. The molecule has 2 nitrogen and oxygen atoms in total. The number of ketones is 1. The molecule has 1 fully saturated rings. The van der Waals surface area contributed by atoms with Crippen molar-refractivity contribution in [2.24, 2.45) is 5.41 Å². The highest BCUT2D eigenvalue weighted by molar-refractivity contribution is 5.93. The number of rotatable bonds is 1. The summed E-state index contributed by atoms with van der Waals surface area (Å²) < 4.78 is 5.37. The predicted octanol–water partition coefficient (Wildman–Crippen LogP) is 2.09. The first-order valence-electron chi connectivity index (χ1n) is 4.81. The summed E-state index contributed by atoms with van der Waals surface area (Å²) in [6.45, 7) is 4.29. The maximum Gasteiger partial charge on any atom is 0.169 e. The molecule has 0 aromatic carbocycles. The van der Waals surface area contributed by atoms with Crippen LogP contribution in [0.4, 0.5) is 0 Å². The molecular formula is C11H16O2. The molecule has 0 saturated heterocycles. The van der Waals surface area contributed by atoms with Gasteiger partial charge in [-0.05, 0) is 31.3 Å². The fourth-order valence-corrected chi connectivity index (χ4v) is 2.48. The van der Waals surface area contributed by atoms with Crippen LogP contribution in [-0.2, 0) is 9.53 Å². The van der Waals surface area contributed by atoms with E-state index in [2.05, 4.69) is 13.8 Å². The highest BCUT2D eigenvalue weighted by Gasteiger charge is 2.51. The Hall–Kier alpha value is -0.630. The lowest BCUT2D eigenvalue weighted by Crippen LogP contribution is -2.51. The van der Waals surface area contributed by atoms with Crippen LogP contribution in [0.1, 0.15) is 33.1 Å². The van der Waals surface area contributed by atoms with Crippen molar-refractivity contribution in [3.05, 3.63) is 11.6 Å². The summed E-state index contributed by atoms with van der Waals surface area (Å²) in [5.41, 5.74) is 0.874. The van der Waals surface area contributed by atoms with Gasteiger partial charge in [-0.15, -0.1) is 0 Å². The molecule has 0 N–H and O–H groups in total. The Morgan fingerprint density at radius 1 is 1.46 bits per heavy atom. The molecule has 2 atom stereocenters. The van der Waals surface area contributed by atoms with E-state index in [9.17, 15) is 4.79 Å². The third-order valence-corrected chi connectivity index (χ3v) is 3.84. The number of methoxy groups -OCH3 is 1. The molecule has 2 heteroatoms. The number of fused-ring (bicyclic) bond motifs is 2. The first-order valence-corrected chi connectivity index (χ1v) is 4.81. The minimum Gasteiger partial charge on any atom is -0.366 e. The normalized spacial score (nSPS) is 43.6. The van der Waals surface area contributed by atoms with Gasteiger partial charge in [-0.3, -0.25) is 4.79 Å². The van der Waals surface area contributed by atoms with Gasteiger partial charge in [0.1, 0.15) is 5.60 Å². The van der Waals surface area contributed by atoms with Crippen molar-refractivity contribution in [3.63, 3.8) is 0 Å². The molecule has 0 amide bonds. The van der Waals surface area contributed by atoms with Gasteiger partial charge in [0.05, 0.1) is 0 Å². The lowest BCUT2D eigenvalue weighted by molar-refractivity contribution is -0.145. The highest BCUT2D eigenvalue weighted by Crippen LogP contribution is 2.50. The van der Waals surface area contributed by atoms with Crippen molar-refractivity contribution in [1.82, 2.24) is 0 Å². The predicted molar refractivity (Wildman–Crippen MR) is 50.5 cm³/mol. The third-order valence-electron chi connectivity index (χ3n) is 3.84. The third kappa shape index (κ3) is 1.01. The fraction of sp³-hybridized carbons (Fsp3) is 0.727. The van der Waals surface area contributed by atoms with Crippen molar-refractivity contribution < 1.29 is 9.53 Å². The first-order chi connectivity index (χ1) is 6.02. The van der Waals surface area contributed by atoms with Crippen LogP contribution in [0.15, 0.2) is 11.6 Å². The molecule has 0 unspecified atom stereocenters. The van der Waals surface area contributed by atoms with E-state index in [0.29, 0.717) is 6.42 Å². The number of carbonyl (C=O) groups is 1. The molecule has 3 aliphatic carbocycles. The zero-order valence-corrected chi connectivity index (χ0v) is 8.52. The van der Waals surface area contributed by atoms with Crippen molar-refractivity contribution in [2.75, 3.05) is 7.11 Å². The monoisotopic (exact) mass is 180 g/mol. The maximum absolute atomic E-state index is 11.8. The number of allylic oxidation sites excluding steroid dienone is 1. The Morgan fingerprint density at radius 3 is 2.62 bits per heavy atom. The van der Waals surface area contributed by atoms with Gasteiger partial charge in [0.25, 0.3) is 0 Å². The van der Waals surface area contributed by atoms with Crippen molar-refractivity contribution in [3.8, 4) is 0 Å². The van der Waals surface area contributed by atoms with Crippen LogP contribution in [0, 0.1) is 5.41 Å². The summed E-state index contributed by atoms with van der Waals surface area (Å²) in [5.74, 6) is 0.259. The molecule has 0 heterocycles. The highest BCUT2D eigenvalue weighted by atomic mass is 16.5. The molecule has 72 valence electrons. The van der Waals surface area contributed by atoms with E-state index in [1.807, 2.05) is 6.08 Å². The Bertz CT molecular complexity index is 292. The second kappa shape index (κ2) is 2.44. The number of hydrogen-bond donors (Lipinski definition) is 0. The molecule has 0 radical (unpaired) electrons. The van der Waals surface area contributed by atoms with Crippen LogP contribution in [0.5, 0.6) is 0 Å². The molecule has 3 aliphatic rings. The molecule has 0 aliphatic heterocycles. The average Bonchev–Trinajstić information content (AvgIpc) is 2.09. The molecule has 0 aromatic rings. The maximum atomic E-state index is 11.8. The van der Waals surface area contributed by atoms with E-state index in [-0.39, 0.29) is 11.2 Å².